The van der Waals surface area contributed by atoms with Gasteiger partial charge in [0.2, 0.25) is 0 Å². The zero-order chi connectivity index (χ0) is 22.1. The number of carbonyl (C=O) groups excluding carboxylic acids is 1. The van der Waals surface area contributed by atoms with Crippen molar-refractivity contribution in [2.45, 2.75) is 30.3 Å². The summed E-state index contributed by atoms with van der Waals surface area (Å²) in [6.45, 7) is 2.45. The zero-order valence-electron chi connectivity index (χ0n) is 16.9. The summed E-state index contributed by atoms with van der Waals surface area (Å²) in [6, 6.07) is 1.90. The van der Waals surface area contributed by atoms with Crippen LogP contribution >= 0.6 is 11.6 Å². The van der Waals surface area contributed by atoms with Gasteiger partial charge in [-0.2, -0.15) is 0 Å². The van der Waals surface area contributed by atoms with Crippen molar-refractivity contribution >= 4 is 34.2 Å². The summed E-state index contributed by atoms with van der Waals surface area (Å²) in [6.07, 6.45) is 6.01. The molecule has 4 rings (SSSR count). The highest BCUT2D eigenvalue weighted by atomic mass is 35.5. The average Bonchev–Trinajstić information content (AvgIpc) is 3.11. The summed E-state index contributed by atoms with van der Waals surface area (Å²) in [5, 5.41) is 0.343. The quantitative estimate of drug-likeness (QED) is 0.673. The van der Waals surface area contributed by atoms with Crippen molar-refractivity contribution in [3.8, 4) is 0 Å². The van der Waals surface area contributed by atoms with Crippen LogP contribution in [0.2, 0.25) is 5.15 Å². The van der Waals surface area contributed by atoms with Crippen LogP contribution in [0.15, 0.2) is 29.4 Å². The van der Waals surface area contributed by atoms with Crippen molar-refractivity contribution in [2.75, 3.05) is 37.3 Å². The summed E-state index contributed by atoms with van der Waals surface area (Å²) < 4.78 is 40.0. The molecule has 0 aliphatic carbocycles. The maximum absolute atomic E-state index is 14.4. The molecule has 7 nitrogen and oxygen atoms in total. The number of nitrogens with zero attached hydrogens (tertiary/aromatic N) is 5. The molecule has 0 N–H and O–H groups in total. The molecule has 11 heteroatoms. The molecule has 0 radical (unpaired) electrons. The number of benzene rings is 1. The Morgan fingerprint density at radius 2 is 1.84 bits per heavy atom. The van der Waals surface area contributed by atoms with Crippen molar-refractivity contribution < 1.29 is 17.8 Å². The van der Waals surface area contributed by atoms with Gasteiger partial charge in [-0.1, -0.05) is 11.6 Å². The van der Waals surface area contributed by atoms with Gasteiger partial charge in [0.15, 0.2) is 0 Å². The monoisotopic (exact) mass is 469 g/mol. The lowest BCUT2D eigenvalue weighted by molar-refractivity contribution is 0.167. The minimum Gasteiger partial charge on any atom is -0.355 e. The second-order valence-electron chi connectivity index (χ2n) is 7.64. The second-order valence-corrected chi connectivity index (χ2v) is 9.38. The molecule has 1 aromatic carbocycles. The predicted octanol–water partition coefficient (Wildman–Crippen LogP) is 3.05. The van der Waals surface area contributed by atoms with Gasteiger partial charge in [0.1, 0.15) is 22.6 Å². The summed E-state index contributed by atoms with van der Waals surface area (Å²) in [7, 11) is -1.62. The molecule has 0 spiro atoms. The third-order valence-electron chi connectivity index (χ3n) is 5.73. The topological polar surface area (TPSA) is 69.6 Å². The van der Waals surface area contributed by atoms with E-state index in [1.165, 1.54) is 17.4 Å². The molecule has 1 unspecified atom stereocenters. The summed E-state index contributed by atoms with van der Waals surface area (Å²) in [4.78, 5) is 26.5. The first kappa shape index (κ1) is 21.9. The van der Waals surface area contributed by atoms with Crippen LogP contribution in [0.5, 0.6) is 0 Å². The van der Waals surface area contributed by atoms with Crippen LogP contribution in [0.4, 0.5) is 19.4 Å². The van der Waals surface area contributed by atoms with E-state index in [0.29, 0.717) is 18.2 Å². The highest BCUT2D eigenvalue weighted by Gasteiger charge is 2.36. The lowest BCUT2D eigenvalue weighted by atomic mass is 10.0. The number of amides is 2. The van der Waals surface area contributed by atoms with Crippen LogP contribution < -0.4 is 4.90 Å². The van der Waals surface area contributed by atoms with Crippen LogP contribution in [-0.2, 0) is 17.3 Å². The van der Waals surface area contributed by atoms with Crippen molar-refractivity contribution in [3.63, 3.8) is 0 Å². The SMILES string of the molecule is CS(=O)c1cc(F)c(CN2CCN(C3CCN(c4cnc(Cl)cn4)CC3)C2=O)cc1F. The number of urea groups is 1. The van der Waals surface area contributed by atoms with E-state index in [-0.39, 0.29) is 29.1 Å². The van der Waals surface area contributed by atoms with Gasteiger partial charge in [-0.25, -0.2) is 23.5 Å². The third-order valence-corrected chi connectivity index (χ3v) is 6.86. The van der Waals surface area contributed by atoms with E-state index in [0.717, 1.165) is 43.9 Å². The van der Waals surface area contributed by atoms with E-state index < -0.39 is 22.4 Å². The fraction of sp³-hybridized carbons (Fsp3) is 0.450. The Morgan fingerprint density at radius 3 is 2.48 bits per heavy atom. The largest absolute Gasteiger partial charge is 0.355 e. The Labute approximate surface area is 186 Å². The predicted molar refractivity (Wildman–Crippen MR) is 113 cm³/mol. The number of rotatable bonds is 5. The normalized spacial score (nSPS) is 18.7. The molecule has 3 heterocycles. The molecule has 1 aromatic heterocycles. The summed E-state index contributed by atoms with van der Waals surface area (Å²) >= 11 is 5.79. The van der Waals surface area contributed by atoms with Gasteiger partial charge >= 0.3 is 6.03 Å². The maximum atomic E-state index is 14.4. The van der Waals surface area contributed by atoms with E-state index in [2.05, 4.69) is 14.9 Å². The smallest absolute Gasteiger partial charge is 0.320 e. The van der Waals surface area contributed by atoms with Crippen molar-refractivity contribution in [3.05, 3.63) is 46.9 Å². The number of hydrogen-bond donors (Lipinski definition) is 0. The highest BCUT2D eigenvalue weighted by molar-refractivity contribution is 7.84. The number of carbonyl (C=O) groups is 1. The molecule has 2 saturated heterocycles. The molecule has 2 fully saturated rings. The molecule has 0 saturated carbocycles. The van der Waals surface area contributed by atoms with Crippen molar-refractivity contribution in [2.24, 2.45) is 0 Å². The fourth-order valence-corrected chi connectivity index (χ4v) is 4.78. The lowest BCUT2D eigenvalue weighted by Crippen LogP contribution is -2.46. The lowest BCUT2D eigenvalue weighted by Gasteiger charge is -2.36. The Hall–Kier alpha value is -2.33. The Morgan fingerprint density at radius 1 is 1.10 bits per heavy atom. The van der Waals surface area contributed by atoms with Gasteiger partial charge in [-0.3, -0.25) is 4.21 Å². The number of anilines is 1. The van der Waals surface area contributed by atoms with E-state index in [1.807, 2.05) is 4.90 Å². The standard InChI is InChI=1S/C20H22ClF2N5O2S/c1-31(30)17-9-15(22)13(8-16(17)23)12-27-6-7-28(20(27)29)14-2-4-26(5-3-14)19-11-24-18(21)10-25-19/h8-11,14H,2-7,12H2,1H3. The molecule has 31 heavy (non-hydrogen) atoms. The highest BCUT2D eigenvalue weighted by Crippen LogP contribution is 2.26. The van der Waals surface area contributed by atoms with Gasteiger partial charge < -0.3 is 14.7 Å². The van der Waals surface area contributed by atoms with Crippen molar-refractivity contribution in [1.29, 1.82) is 0 Å². The first-order valence-electron chi connectivity index (χ1n) is 9.93. The van der Waals surface area contributed by atoms with Crippen LogP contribution in [0.1, 0.15) is 18.4 Å². The number of halogens is 3. The zero-order valence-corrected chi connectivity index (χ0v) is 18.5. The molecule has 2 amide bonds. The van der Waals surface area contributed by atoms with Crippen LogP contribution in [0.25, 0.3) is 0 Å². The maximum Gasteiger partial charge on any atom is 0.320 e. The number of piperidine rings is 1. The number of aromatic nitrogens is 2. The van der Waals surface area contributed by atoms with Gasteiger partial charge in [0, 0.05) is 44.0 Å². The summed E-state index contributed by atoms with van der Waals surface area (Å²) in [5.41, 5.74) is 0.0815. The van der Waals surface area contributed by atoms with Gasteiger partial charge in [0.05, 0.1) is 34.6 Å². The molecule has 2 aliphatic rings. The molecule has 2 aliphatic heterocycles. The third kappa shape index (κ3) is 4.64. The van der Waals surface area contributed by atoms with Gasteiger partial charge in [0.25, 0.3) is 0 Å². The van der Waals surface area contributed by atoms with Gasteiger partial charge in [-0.05, 0) is 25.0 Å². The molecular formula is C20H22ClF2N5O2S. The van der Waals surface area contributed by atoms with E-state index in [9.17, 15) is 17.8 Å². The Kier molecular flexibility index (Phi) is 6.38. The van der Waals surface area contributed by atoms with E-state index in [4.69, 9.17) is 11.6 Å². The molecule has 0 bridgehead atoms. The first-order chi connectivity index (χ1) is 14.8. The van der Waals surface area contributed by atoms with E-state index >= 15 is 0 Å². The fourth-order valence-electron chi connectivity index (χ4n) is 4.08. The molecule has 1 atom stereocenters. The van der Waals surface area contributed by atoms with E-state index in [1.54, 1.807) is 6.20 Å². The average molecular weight is 470 g/mol. The summed E-state index contributed by atoms with van der Waals surface area (Å²) in [5.74, 6) is -0.625. The minimum absolute atomic E-state index is 0.0199. The van der Waals surface area contributed by atoms with Crippen LogP contribution in [-0.4, -0.2) is 68.5 Å². The van der Waals surface area contributed by atoms with Crippen molar-refractivity contribution in [1.82, 2.24) is 19.8 Å². The minimum atomic E-state index is -1.62. The van der Waals surface area contributed by atoms with Gasteiger partial charge in [-0.15, -0.1) is 0 Å². The first-order valence-corrected chi connectivity index (χ1v) is 11.9. The molecule has 2 aromatic rings. The Balaban J connectivity index is 1.37. The van der Waals surface area contributed by atoms with Crippen LogP contribution in [0, 0.1) is 11.6 Å². The second kappa shape index (κ2) is 9.04. The Bertz CT molecular complexity index is 1000. The van der Waals surface area contributed by atoms with Crippen LogP contribution in [0.3, 0.4) is 0 Å². The molecule has 166 valence electrons. The number of hydrogen-bond acceptors (Lipinski definition) is 5. The molecular weight excluding hydrogens is 448 g/mol.